The highest BCUT2D eigenvalue weighted by Crippen LogP contribution is 2.34. The minimum atomic E-state index is -4.71. The van der Waals surface area contributed by atoms with Crippen LogP contribution in [-0.2, 0) is 13.2 Å². The van der Waals surface area contributed by atoms with E-state index < -0.39 is 23.1 Å². The molecule has 2 aromatic heterocycles. The van der Waals surface area contributed by atoms with Crippen molar-refractivity contribution in [2.24, 2.45) is 7.05 Å². The highest BCUT2D eigenvalue weighted by atomic mass is 19.4. The van der Waals surface area contributed by atoms with E-state index in [1.54, 1.807) is 0 Å². The Hall–Kier alpha value is -3.48. The molecule has 0 aliphatic heterocycles. The molecule has 142 valence electrons. The standard InChI is InChI=1S/C18H12F3N5O2/c1-25-15(13-14(24-25)17(28)26(8-23-13)11-3-4-11)16(27)9-2-5-12(18(19,20)21)10(6-9)7-22/h2,5-6,8,11H,3-4H2,1H3. The van der Waals surface area contributed by atoms with Gasteiger partial charge in [-0.2, -0.15) is 23.5 Å². The van der Waals surface area contributed by atoms with Gasteiger partial charge in [0, 0.05) is 18.7 Å². The van der Waals surface area contributed by atoms with Gasteiger partial charge in [0.25, 0.3) is 5.56 Å². The number of aryl methyl sites for hydroxylation is 1. The zero-order chi connectivity index (χ0) is 20.2. The molecule has 2 heterocycles. The van der Waals surface area contributed by atoms with Crippen LogP contribution in [0, 0.1) is 11.3 Å². The van der Waals surface area contributed by atoms with E-state index in [9.17, 15) is 22.8 Å². The van der Waals surface area contributed by atoms with Crippen LogP contribution in [-0.4, -0.2) is 25.1 Å². The second kappa shape index (κ2) is 6.02. The summed E-state index contributed by atoms with van der Waals surface area (Å²) in [6.45, 7) is 0. The van der Waals surface area contributed by atoms with E-state index in [4.69, 9.17) is 5.26 Å². The molecule has 3 aromatic rings. The summed E-state index contributed by atoms with van der Waals surface area (Å²) in [5.41, 5.74) is -2.20. The summed E-state index contributed by atoms with van der Waals surface area (Å²) >= 11 is 0. The first kappa shape index (κ1) is 17.9. The lowest BCUT2D eigenvalue weighted by atomic mass is 10.0. The number of benzene rings is 1. The number of aromatic nitrogens is 4. The van der Waals surface area contributed by atoms with Crippen molar-refractivity contribution >= 4 is 16.8 Å². The summed E-state index contributed by atoms with van der Waals surface area (Å²) in [6.07, 6.45) is -1.61. The van der Waals surface area contributed by atoms with Gasteiger partial charge in [0.1, 0.15) is 11.2 Å². The number of nitriles is 1. The summed E-state index contributed by atoms with van der Waals surface area (Å²) in [4.78, 5) is 29.7. The van der Waals surface area contributed by atoms with E-state index in [-0.39, 0.29) is 33.9 Å². The van der Waals surface area contributed by atoms with Crippen molar-refractivity contribution in [2.45, 2.75) is 25.1 Å². The van der Waals surface area contributed by atoms with Crippen LogP contribution in [0.5, 0.6) is 0 Å². The molecular formula is C18H12F3N5O2. The second-order valence-corrected chi connectivity index (χ2v) is 6.56. The van der Waals surface area contributed by atoms with Gasteiger partial charge in [-0.1, -0.05) is 6.07 Å². The summed E-state index contributed by atoms with van der Waals surface area (Å²) in [5.74, 6) is -0.675. The Kier molecular flexibility index (Phi) is 3.85. The predicted octanol–water partition coefficient (Wildman–Crippen LogP) is 2.59. The number of carbonyl (C=O) groups excluding carboxylic acids is 1. The van der Waals surface area contributed by atoms with Gasteiger partial charge in [-0.05, 0) is 25.0 Å². The Balaban J connectivity index is 1.84. The molecule has 0 unspecified atom stereocenters. The van der Waals surface area contributed by atoms with Gasteiger partial charge in [-0.3, -0.25) is 18.8 Å². The van der Waals surface area contributed by atoms with Crippen LogP contribution in [0.15, 0.2) is 29.3 Å². The lowest BCUT2D eigenvalue weighted by Gasteiger charge is -2.10. The minimum Gasteiger partial charge on any atom is -0.294 e. The highest BCUT2D eigenvalue weighted by Gasteiger charge is 2.34. The number of hydrogen-bond donors (Lipinski definition) is 0. The zero-order valence-corrected chi connectivity index (χ0v) is 14.5. The van der Waals surface area contributed by atoms with E-state index in [1.165, 1.54) is 28.7 Å². The van der Waals surface area contributed by atoms with Crippen molar-refractivity contribution in [3.63, 3.8) is 0 Å². The molecule has 1 aliphatic carbocycles. The molecule has 7 nitrogen and oxygen atoms in total. The average Bonchev–Trinajstić information content (AvgIpc) is 3.42. The van der Waals surface area contributed by atoms with Crippen molar-refractivity contribution in [2.75, 3.05) is 0 Å². The van der Waals surface area contributed by atoms with Gasteiger partial charge in [-0.25, -0.2) is 4.98 Å². The van der Waals surface area contributed by atoms with Gasteiger partial charge >= 0.3 is 6.18 Å². The molecule has 1 aliphatic rings. The Morgan fingerprint density at radius 1 is 1.29 bits per heavy atom. The summed E-state index contributed by atoms with van der Waals surface area (Å²) in [7, 11) is 1.45. The number of rotatable bonds is 3. The quantitative estimate of drug-likeness (QED) is 0.644. The van der Waals surface area contributed by atoms with Gasteiger partial charge in [-0.15, -0.1) is 0 Å². The van der Waals surface area contributed by atoms with Crippen LogP contribution < -0.4 is 5.56 Å². The number of halogens is 3. The summed E-state index contributed by atoms with van der Waals surface area (Å²) in [6, 6.07) is 4.12. The molecule has 0 saturated heterocycles. The van der Waals surface area contributed by atoms with Gasteiger partial charge in [0.05, 0.1) is 23.5 Å². The van der Waals surface area contributed by atoms with E-state index in [1.807, 2.05) is 0 Å². The molecule has 0 spiro atoms. The molecule has 1 saturated carbocycles. The first-order valence-electron chi connectivity index (χ1n) is 8.32. The monoisotopic (exact) mass is 387 g/mol. The Morgan fingerprint density at radius 3 is 2.61 bits per heavy atom. The maximum absolute atomic E-state index is 13.0. The van der Waals surface area contributed by atoms with Crippen LogP contribution >= 0.6 is 0 Å². The molecule has 0 amide bonds. The topological polar surface area (TPSA) is 93.6 Å². The third-order valence-corrected chi connectivity index (χ3v) is 4.63. The molecule has 1 aromatic carbocycles. The fourth-order valence-electron chi connectivity index (χ4n) is 3.10. The zero-order valence-electron chi connectivity index (χ0n) is 14.5. The van der Waals surface area contributed by atoms with E-state index >= 15 is 0 Å². The molecule has 4 rings (SSSR count). The largest absolute Gasteiger partial charge is 0.417 e. The van der Waals surface area contributed by atoms with E-state index in [0.29, 0.717) is 6.07 Å². The maximum atomic E-state index is 13.0. The maximum Gasteiger partial charge on any atom is 0.417 e. The molecule has 0 bridgehead atoms. The molecule has 0 radical (unpaired) electrons. The van der Waals surface area contributed by atoms with Gasteiger partial charge in [0.15, 0.2) is 5.52 Å². The van der Waals surface area contributed by atoms with Crippen LogP contribution in [0.2, 0.25) is 0 Å². The van der Waals surface area contributed by atoms with Crippen molar-refractivity contribution in [1.29, 1.82) is 5.26 Å². The van der Waals surface area contributed by atoms with Crippen molar-refractivity contribution in [3.05, 3.63) is 57.3 Å². The number of fused-ring (bicyclic) bond motifs is 1. The molecular weight excluding hydrogens is 375 g/mol. The van der Waals surface area contributed by atoms with Crippen LogP contribution in [0.4, 0.5) is 13.2 Å². The summed E-state index contributed by atoms with van der Waals surface area (Å²) in [5, 5.41) is 13.1. The van der Waals surface area contributed by atoms with E-state index in [2.05, 4.69) is 10.1 Å². The second-order valence-electron chi connectivity index (χ2n) is 6.56. The van der Waals surface area contributed by atoms with Gasteiger partial charge < -0.3 is 0 Å². The number of nitrogens with zero attached hydrogens (tertiary/aromatic N) is 5. The SMILES string of the molecule is Cn1nc2c(=O)n(C3CC3)cnc2c1C(=O)c1ccc(C(F)(F)F)c(C#N)c1. The molecule has 0 N–H and O–H groups in total. The molecule has 28 heavy (non-hydrogen) atoms. The van der Waals surface area contributed by atoms with Crippen molar-refractivity contribution < 1.29 is 18.0 Å². The highest BCUT2D eigenvalue weighted by molar-refractivity contribution is 6.14. The molecule has 10 heteroatoms. The fourth-order valence-corrected chi connectivity index (χ4v) is 3.10. The van der Waals surface area contributed by atoms with Crippen LogP contribution in [0.25, 0.3) is 11.0 Å². The minimum absolute atomic E-state index is 0.0210. The average molecular weight is 387 g/mol. The number of hydrogen-bond acceptors (Lipinski definition) is 5. The summed E-state index contributed by atoms with van der Waals surface area (Å²) < 4.78 is 41.6. The Bertz CT molecular complexity index is 1230. The smallest absolute Gasteiger partial charge is 0.294 e. The van der Waals surface area contributed by atoms with Crippen molar-refractivity contribution in [1.82, 2.24) is 19.3 Å². The molecule has 0 atom stereocenters. The first-order valence-corrected chi connectivity index (χ1v) is 8.32. The Labute approximate surface area is 155 Å². The third kappa shape index (κ3) is 2.76. The lowest BCUT2D eigenvalue weighted by Crippen LogP contribution is -2.19. The van der Waals surface area contributed by atoms with Gasteiger partial charge in [0.2, 0.25) is 5.78 Å². The number of carbonyl (C=O) groups is 1. The fraction of sp³-hybridized carbons (Fsp3) is 0.278. The predicted molar refractivity (Wildman–Crippen MR) is 90.6 cm³/mol. The van der Waals surface area contributed by atoms with Crippen molar-refractivity contribution in [3.8, 4) is 6.07 Å². The lowest BCUT2D eigenvalue weighted by molar-refractivity contribution is -0.137. The van der Waals surface area contributed by atoms with Crippen LogP contribution in [0.1, 0.15) is 46.1 Å². The normalized spacial score (nSPS) is 14.2. The van der Waals surface area contributed by atoms with Crippen LogP contribution in [0.3, 0.4) is 0 Å². The Morgan fingerprint density at radius 2 is 2.00 bits per heavy atom. The number of alkyl halides is 3. The van der Waals surface area contributed by atoms with E-state index in [0.717, 1.165) is 25.0 Å². The first-order chi connectivity index (χ1) is 13.2. The number of ketones is 1. The third-order valence-electron chi connectivity index (χ3n) is 4.63. The molecule has 1 fully saturated rings.